The Kier molecular flexibility index (Phi) is 7.12. The number of nitrogen functional groups attached to an aromatic ring is 1. The SMILES string of the molecule is Cc1ccc(C)c(NC(=O)CSc2nnc(Cc3ccc(C(C)C)cc3)c(=O)n2N)c1. The fraction of sp³-hybridized carbons (Fsp3) is 0.304. The smallest absolute Gasteiger partial charge is 0.294 e. The van der Waals surface area contributed by atoms with Crippen molar-refractivity contribution in [3.63, 3.8) is 0 Å². The normalized spacial score (nSPS) is 11.0. The summed E-state index contributed by atoms with van der Waals surface area (Å²) in [6, 6.07) is 13.9. The van der Waals surface area contributed by atoms with Crippen LogP contribution in [0.25, 0.3) is 0 Å². The van der Waals surface area contributed by atoms with Crippen LogP contribution in [0.3, 0.4) is 0 Å². The van der Waals surface area contributed by atoms with Gasteiger partial charge in [-0.2, -0.15) is 4.68 Å². The average Bonchev–Trinajstić information content (AvgIpc) is 2.74. The van der Waals surface area contributed by atoms with E-state index >= 15 is 0 Å². The number of hydrogen-bond donors (Lipinski definition) is 2. The molecule has 0 aliphatic carbocycles. The van der Waals surface area contributed by atoms with Crippen LogP contribution in [0.15, 0.2) is 52.4 Å². The van der Waals surface area contributed by atoms with Crippen molar-refractivity contribution in [3.8, 4) is 0 Å². The summed E-state index contributed by atoms with van der Waals surface area (Å²) in [6.07, 6.45) is 0.347. The molecule has 7 nitrogen and oxygen atoms in total. The summed E-state index contributed by atoms with van der Waals surface area (Å²) >= 11 is 1.07. The van der Waals surface area contributed by atoms with Gasteiger partial charge in [0.05, 0.1) is 5.75 Å². The zero-order chi connectivity index (χ0) is 22.5. The van der Waals surface area contributed by atoms with Gasteiger partial charge in [0.15, 0.2) is 0 Å². The molecule has 0 fully saturated rings. The van der Waals surface area contributed by atoms with E-state index in [4.69, 9.17) is 5.84 Å². The van der Waals surface area contributed by atoms with Crippen molar-refractivity contribution >= 4 is 23.4 Å². The number of rotatable bonds is 7. The minimum atomic E-state index is -0.416. The van der Waals surface area contributed by atoms with E-state index in [-0.39, 0.29) is 22.5 Å². The Balaban J connectivity index is 1.65. The minimum absolute atomic E-state index is 0.0642. The highest BCUT2D eigenvalue weighted by Crippen LogP contribution is 2.19. The number of nitrogens with one attached hydrogen (secondary N) is 1. The highest BCUT2D eigenvalue weighted by atomic mass is 32.2. The Hall–Kier alpha value is -3.13. The zero-order valence-electron chi connectivity index (χ0n) is 18.2. The third-order valence-corrected chi connectivity index (χ3v) is 5.89. The van der Waals surface area contributed by atoms with Crippen LogP contribution in [0.5, 0.6) is 0 Å². The second kappa shape index (κ2) is 9.78. The van der Waals surface area contributed by atoms with Crippen molar-refractivity contribution in [2.45, 2.75) is 45.2 Å². The molecule has 1 aromatic heterocycles. The lowest BCUT2D eigenvalue weighted by Crippen LogP contribution is -2.34. The Labute approximate surface area is 186 Å². The Morgan fingerprint density at radius 3 is 2.52 bits per heavy atom. The van der Waals surface area contributed by atoms with Gasteiger partial charge in [0, 0.05) is 12.1 Å². The molecule has 0 saturated carbocycles. The van der Waals surface area contributed by atoms with Crippen LogP contribution in [0.4, 0.5) is 5.69 Å². The van der Waals surface area contributed by atoms with Crippen LogP contribution < -0.4 is 16.7 Å². The number of carbonyl (C=O) groups is 1. The van der Waals surface area contributed by atoms with Gasteiger partial charge in [0.1, 0.15) is 5.69 Å². The Morgan fingerprint density at radius 1 is 1.13 bits per heavy atom. The van der Waals surface area contributed by atoms with E-state index in [1.807, 2.05) is 56.3 Å². The summed E-state index contributed by atoms with van der Waals surface area (Å²) < 4.78 is 0.959. The molecular formula is C23H27N5O2S. The molecule has 0 spiro atoms. The Bertz CT molecular complexity index is 1140. The fourth-order valence-corrected chi connectivity index (χ4v) is 3.68. The van der Waals surface area contributed by atoms with Crippen LogP contribution in [0.1, 0.15) is 47.7 Å². The van der Waals surface area contributed by atoms with Gasteiger partial charge in [-0.25, -0.2) is 0 Å². The van der Waals surface area contributed by atoms with Gasteiger partial charge in [0.2, 0.25) is 11.1 Å². The van der Waals surface area contributed by atoms with E-state index < -0.39 is 5.56 Å². The highest BCUT2D eigenvalue weighted by molar-refractivity contribution is 7.99. The highest BCUT2D eigenvalue weighted by Gasteiger charge is 2.14. The molecule has 0 saturated heterocycles. The monoisotopic (exact) mass is 437 g/mol. The molecule has 8 heteroatoms. The maximum absolute atomic E-state index is 12.6. The summed E-state index contributed by atoms with van der Waals surface area (Å²) in [5.41, 5.74) is 4.85. The molecule has 1 heterocycles. The predicted molar refractivity (Wildman–Crippen MR) is 125 cm³/mol. The second-order valence-electron chi connectivity index (χ2n) is 7.83. The number of carbonyl (C=O) groups excluding carboxylic acids is 1. The average molecular weight is 438 g/mol. The Morgan fingerprint density at radius 2 is 1.84 bits per heavy atom. The lowest BCUT2D eigenvalue weighted by Gasteiger charge is -2.10. The summed E-state index contributed by atoms with van der Waals surface area (Å²) in [7, 11) is 0. The third-order valence-electron chi connectivity index (χ3n) is 4.95. The van der Waals surface area contributed by atoms with E-state index in [0.717, 1.165) is 38.8 Å². The lowest BCUT2D eigenvalue weighted by molar-refractivity contribution is -0.113. The minimum Gasteiger partial charge on any atom is -0.334 e. The number of benzene rings is 2. The molecule has 1 amide bonds. The molecule has 3 N–H and O–H groups in total. The van der Waals surface area contributed by atoms with Crippen molar-refractivity contribution in [2.75, 3.05) is 16.9 Å². The molecule has 162 valence electrons. The number of aryl methyl sites for hydroxylation is 2. The van der Waals surface area contributed by atoms with Crippen molar-refractivity contribution in [3.05, 3.63) is 80.8 Å². The summed E-state index contributed by atoms with van der Waals surface area (Å²) in [4.78, 5) is 24.9. The van der Waals surface area contributed by atoms with Crippen LogP contribution in [-0.2, 0) is 11.2 Å². The molecule has 3 aromatic rings. The summed E-state index contributed by atoms with van der Waals surface area (Å²) in [5.74, 6) is 6.23. The van der Waals surface area contributed by atoms with Crippen LogP contribution in [0.2, 0.25) is 0 Å². The summed E-state index contributed by atoms with van der Waals surface area (Å²) in [6.45, 7) is 8.16. The maximum Gasteiger partial charge on any atom is 0.294 e. The number of anilines is 1. The van der Waals surface area contributed by atoms with Gasteiger partial charge >= 0.3 is 0 Å². The van der Waals surface area contributed by atoms with Crippen molar-refractivity contribution in [1.82, 2.24) is 14.9 Å². The topological polar surface area (TPSA) is 103 Å². The maximum atomic E-state index is 12.6. The van der Waals surface area contributed by atoms with E-state index in [0.29, 0.717) is 12.3 Å². The van der Waals surface area contributed by atoms with Crippen LogP contribution in [0, 0.1) is 13.8 Å². The molecule has 0 radical (unpaired) electrons. The van der Waals surface area contributed by atoms with Crippen molar-refractivity contribution in [2.24, 2.45) is 0 Å². The third kappa shape index (κ3) is 5.73. The van der Waals surface area contributed by atoms with E-state index in [9.17, 15) is 9.59 Å². The number of thioether (sulfide) groups is 1. The summed E-state index contributed by atoms with van der Waals surface area (Å²) in [5, 5.41) is 11.2. The van der Waals surface area contributed by atoms with Crippen LogP contribution >= 0.6 is 11.8 Å². The zero-order valence-corrected chi connectivity index (χ0v) is 19.0. The number of amides is 1. The molecule has 0 atom stereocenters. The second-order valence-corrected chi connectivity index (χ2v) is 8.78. The van der Waals surface area contributed by atoms with Gasteiger partial charge in [-0.05, 0) is 48.1 Å². The first-order chi connectivity index (χ1) is 14.7. The van der Waals surface area contributed by atoms with E-state index in [1.165, 1.54) is 5.56 Å². The van der Waals surface area contributed by atoms with Crippen molar-refractivity contribution < 1.29 is 4.79 Å². The molecular weight excluding hydrogens is 410 g/mol. The number of nitrogens with two attached hydrogens (primary N) is 1. The van der Waals surface area contributed by atoms with Gasteiger partial charge in [0.25, 0.3) is 5.56 Å². The van der Waals surface area contributed by atoms with Gasteiger partial charge < -0.3 is 11.2 Å². The van der Waals surface area contributed by atoms with Gasteiger partial charge in [-0.1, -0.05) is 62.0 Å². The number of nitrogens with zero attached hydrogens (tertiary/aromatic N) is 3. The first-order valence-electron chi connectivity index (χ1n) is 10.1. The van der Waals surface area contributed by atoms with Gasteiger partial charge in [-0.3, -0.25) is 9.59 Å². The van der Waals surface area contributed by atoms with E-state index in [2.05, 4.69) is 29.4 Å². The molecule has 0 aliphatic rings. The largest absolute Gasteiger partial charge is 0.334 e. The quantitative estimate of drug-likeness (QED) is 0.434. The fourth-order valence-electron chi connectivity index (χ4n) is 3.03. The molecule has 0 unspecified atom stereocenters. The first kappa shape index (κ1) is 22.6. The standard InChI is InChI=1S/C23H27N5O2S/c1-14(2)18-9-7-17(8-10-18)12-20-22(30)28(24)23(27-26-20)31-13-21(29)25-19-11-15(3)5-6-16(19)4/h5-11,14H,12-13,24H2,1-4H3,(H,25,29). The van der Waals surface area contributed by atoms with Crippen LogP contribution in [-0.4, -0.2) is 26.5 Å². The van der Waals surface area contributed by atoms with Crippen molar-refractivity contribution in [1.29, 1.82) is 0 Å². The first-order valence-corrected chi connectivity index (χ1v) is 11.1. The molecule has 0 aliphatic heterocycles. The predicted octanol–water partition coefficient (Wildman–Crippen LogP) is 3.41. The lowest BCUT2D eigenvalue weighted by atomic mass is 10.0. The molecule has 2 aromatic carbocycles. The molecule has 31 heavy (non-hydrogen) atoms. The number of aromatic nitrogens is 3. The number of hydrogen-bond acceptors (Lipinski definition) is 6. The van der Waals surface area contributed by atoms with Gasteiger partial charge in [-0.15, -0.1) is 10.2 Å². The van der Waals surface area contributed by atoms with E-state index in [1.54, 1.807) is 0 Å². The molecule has 3 rings (SSSR count). The molecule has 0 bridgehead atoms.